The molecule has 2 aromatic heterocycles. The van der Waals surface area contributed by atoms with E-state index in [0.717, 1.165) is 92.9 Å². The number of nitrogens with zero attached hydrogens (tertiary/aromatic N) is 7. The molecule has 0 aliphatic carbocycles. The second-order valence-electron chi connectivity index (χ2n) is 17.8. The van der Waals surface area contributed by atoms with Crippen LogP contribution in [0.1, 0.15) is 74.3 Å². The Kier molecular flexibility index (Phi) is 11.3. The first-order chi connectivity index (χ1) is 29.9. The van der Waals surface area contributed by atoms with Gasteiger partial charge in [0.05, 0.1) is 11.7 Å². The number of imide groups is 1. The number of benzene rings is 2. The zero-order chi connectivity index (χ0) is 43.3. The van der Waals surface area contributed by atoms with Crippen LogP contribution in [0, 0.1) is 11.3 Å². The Labute approximate surface area is 364 Å². The lowest BCUT2D eigenvalue weighted by atomic mass is 9.86. The summed E-state index contributed by atoms with van der Waals surface area (Å²) in [4.78, 5) is 81.0. The second-order valence-corrected chi connectivity index (χ2v) is 18.2. The van der Waals surface area contributed by atoms with Gasteiger partial charge in [-0.25, -0.2) is 4.98 Å². The minimum absolute atomic E-state index is 0.0993. The highest BCUT2D eigenvalue weighted by Gasteiger charge is 2.45. The van der Waals surface area contributed by atoms with E-state index in [2.05, 4.69) is 41.7 Å². The molecule has 3 N–H and O–H groups in total. The smallest absolute Gasteiger partial charge is 0.293 e. The largest absolute Gasteiger partial charge is 0.478 e. The number of ether oxygens (including phenoxy) is 1. The molecule has 1 spiro atoms. The van der Waals surface area contributed by atoms with Crippen molar-refractivity contribution in [3.8, 4) is 5.75 Å². The van der Waals surface area contributed by atoms with Crippen molar-refractivity contribution in [1.82, 2.24) is 35.0 Å². The molecule has 9 rings (SSSR count). The van der Waals surface area contributed by atoms with Crippen LogP contribution in [0.3, 0.4) is 0 Å². The average molecular weight is 865 g/mol. The Balaban J connectivity index is 0.788. The van der Waals surface area contributed by atoms with Gasteiger partial charge in [-0.3, -0.25) is 29.3 Å². The molecule has 0 saturated carbocycles. The third kappa shape index (κ3) is 8.17. The fourth-order valence-electron chi connectivity index (χ4n) is 10.1. The summed E-state index contributed by atoms with van der Waals surface area (Å²) in [6.45, 7) is 10.9. The van der Waals surface area contributed by atoms with Gasteiger partial charge >= 0.3 is 0 Å². The van der Waals surface area contributed by atoms with Crippen molar-refractivity contribution in [2.75, 3.05) is 74.6 Å². The van der Waals surface area contributed by atoms with Crippen molar-refractivity contribution in [3.63, 3.8) is 0 Å². The molecule has 5 aliphatic rings. The van der Waals surface area contributed by atoms with Crippen LogP contribution in [0.4, 0.5) is 23.1 Å². The standard InChI is InChI=1S/C45H53ClN10O6/c1-27(2)56-35-7-4-31(18-29(35)20-37(43(56)61)62-24-39(58)47-3)49-40-34(46)21-48-44(51-40)53-14-10-28(11-15-53)22-52-16-12-45(25-52)13-17-54(26-45)32-5-6-33-30(19-32)23-55(42(33)60)36-8-9-38(57)50-41(36)59/h4-7,18-21,27-28,36H,8-17,22-26H2,1-3H3,(H,47,58)(H,48,49,51)(H,50,57,59). The molecule has 4 saturated heterocycles. The number of nitrogens with one attached hydrogen (secondary N) is 3. The molecule has 0 radical (unpaired) electrons. The summed E-state index contributed by atoms with van der Waals surface area (Å²) in [5, 5.41) is 9.41. The van der Waals surface area contributed by atoms with Crippen molar-refractivity contribution in [2.45, 2.75) is 71.0 Å². The van der Waals surface area contributed by atoms with E-state index in [9.17, 15) is 24.0 Å². The van der Waals surface area contributed by atoms with E-state index >= 15 is 0 Å². The van der Waals surface area contributed by atoms with Gasteiger partial charge in [0.25, 0.3) is 17.4 Å². The van der Waals surface area contributed by atoms with E-state index in [1.807, 2.05) is 44.2 Å². The fraction of sp³-hybridized carbons (Fsp3) is 0.489. The van der Waals surface area contributed by atoms with Gasteiger partial charge in [-0.15, -0.1) is 0 Å². The number of fused-ring (bicyclic) bond motifs is 2. The summed E-state index contributed by atoms with van der Waals surface area (Å²) in [5.74, 6) is 0.660. The molecule has 0 bridgehead atoms. The zero-order valence-corrected chi connectivity index (χ0v) is 36.2. The van der Waals surface area contributed by atoms with Gasteiger partial charge in [-0.2, -0.15) is 4.98 Å². The molecule has 2 atom stereocenters. The first-order valence-corrected chi connectivity index (χ1v) is 22.1. The summed E-state index contributed by atoms with van der Waals surface area (Å²) >= 11 is 6.63. The summed E-state index contributed by atoms with van der Waals surface area (Å²) in [7, 11) is 1.52. The van der Waals surface area contributed by atoms with Crippen molar-refractivity contribution >= 4 is 69.3 Å². The molecule has 16 nitrogen and oxygen atoms in total. The van der Waals surface area contributed by atoms with Gasteiger partial charge < -0.3 is 39.5 Å². The highest BCUT2D eigenvalue weighted by atomic mass is 35.5. The molecule has 5 aliphatic heterocycles. The van der Waals surface area contributed by atoms with Crippen molar-refractivity contribution in [1.29, 1.82) is 0 Å². The van der Waals surface area contributed by atoms with Crippen LogP contribution in [-0.2, 0) is 20.9 Å². The second kappa shape index (κ2) is 16.9. The van der Waals surface area contributed by atoms with Gasteiger partial charge in [0.2, 0.25) is 17.8 Å². The first kappa shape index (κ1) is 41.6. The summed E-state index contributed by atoms with van der Waals surface area (Å²) in [5.41, 5.74) is 4.14. The van der Waals surface area contributed by atoms with Crippen LogP contribution < -0.4 is 36.0 Å². The number of pyridine rings is 1. The number of hydrogen-bond acceptors (Lipinski definition) is 12. The van der Waals surface area contributed by atoms with Gasteiger partial charge in [0.1, 0.15) is 11.1 Å². The molecular formula is C45H53ClN10O6. The van der Waals surface area contributed by atoms with Gasteiger partial charge in [-0.1, -0.05) is 11.6 Å². The van der Waals surface area contributed by atoms with Gasteiger partial charge in [0, 0.05) is 93.1 Å². The Hall–Kier alpha value is -5.74. The van der Waals surface area contributed by atoms with Crippen molar-refractivity contribution in [3.05, 3.63) is 75.2 Å². The number of halogens is 1. The number of anilines is 4. The van der Waals surface area contributed by atoms with E-state index in [0.29, 0.717) is 41.2 Å². The van der Waals surface area contributed by atoms with Gasteiger partial charge in [-0.05, 0) is 106 Å². The summed E-state index contributed by atoms with van der Waals surface area (Å²) in [6, 6.07) is 12.7. The van der Waals surface area contributed by atoms with Crippen LogP contribution in [0.2, 0.25) is 5.02 Å². The number of carbonyl (C=O) groups is 4. The Bertz CT molecular complexity index is 2500. The maximum Gasteiger partial charge on any atom is 0.293 e. The van der Waals surface area contributed by atoms with E-state index in [1.165, 1.54) is 13.5 Å². The number of aromatic nitrogens is 3. The van der Waals surface area contributed by atoms with E-state index < -0.39 is 6.04 Å². The van der Waals surface area contributed by atoms with Crippen molar-refractivity contribution in [2.24, 2.45) is 11.3 Å². The predicted octanol–water partition coefficient (Wildman–Crippen LogP) is 4.47. The molecule has 326 valence electrons. The Morgan fingerprint density at radius 3 is 2.56 bits per heavy atom. The van der Waals surface area contributed by atoms with Crippen molar-refractivity contribution < 1.29 is 23.9 Å². The molecule has 62 heavy (non-hydrogen) atoms. The average Bonchev–Trinajstić information content (AvgIpc) is 3.96. The highest BCUT2D eigenvalue weighted by molar-refractivity contribution is 6.33. The van der Waals surface area contributed by atoms with Crippen LogP contribution in [0.15, 0.2) is 53.5 Å². The predicted molar refractivity (Wildman–Crippen MR) is 236 cm³/mol. The fourth-order valence-corrected chi connectivity index (χ4v) is 10.2. The number of likely N-dealkylation sites (tertiary alicyclic amines) is 1. The summed E-state index contributed by atoms with van der Waals surface area (Å²) in [6.07, 6.45) is 6.63. The maximum absolute atomic E-state index is 13.3. The molecular weight excluding hydrogens is 812 g/mol. The first-order valence-electron chi connectivity index (χ1n) is 21.7. The van der Waals surface area contributed by atoms with E-state index in [1.54, 1.807) is 21.7 Å². The number of amides is 4. The third-order valence-corrected chi connectivity index (χ3v) is 13.7. The Morgan fingerprint density at radius 2 is 1.79 bits per heavy atom. The van der Waals surface area contributed by atoms with E-state index in [4.69, 9.17) is 21.3 Å². The topological polar surface area (TPSA) is 174 Å². The number of likely N-dealkylation sites (N-methyl/N-ethyl adjacent to an activating group) is 1. The molecule has 4 fully saturated rings. The monoisotopic (exact) mass is 864 g/mol. The number of hydrogen-bond donors (Lipinski definition) is 3. The maximum atomic E-state index is 13.3. The molecule has 7 heterocycles. The lowest BCUT2D eigenvalue weighted by Crippen LogP contribution is -2.52. The third-order valence-electron chi connectivity index (χ3n) is 13.4. The number of rotatable bonds is 11. The molecule has 2 unspecified atom stereocenters. The minimum atomic E-state index is -0.609. The normalized spacial score (nSPS) is 22.0. The lowest BCUT2D eigenvalue weighted by Gasteiger charge is -2.34. The van der Waals surface area contributed by atoms with Crippen LogP contribution >= 0.6 is 11.6 Å². The molecule has 4 aromatic rings. The summed E-state index contributed by atoms with van der Waals surface area (Å²) < 4.78 is 7.29. The number of carbonyl (C=O) groups excluding carboxylic acids is 4. The molecule has 2 aromatic carbocycles. The van der Waals surface area contributed by atoms with E-state index in [-0.39, 0.29) is 59.4 Å². The zero-order valence-electron chi connectivity index (χ0n) is 35.4. The Morgan fingerprint density at radius 1 is 0.984 bits per heavy atom. The highest BCUT2D eigenvalue weighted by Crippen LogP contribution is 2.43. The number of piperidine rings is 2. The quantitative estimate of drug-likeness (QED) is 0.181. The van der Waals surface area contributed by atoms with Crippen LogP contribution in [0.25, 0.3) is 10.9 Å². The van der Waals surface area contributed by atoms with Crippen LogP contribution in [0.5, 0.6) is 5.75 Å². The molecule has 17 heteroatoms. The lowest BCUT2D eigenvalue weighted by molar-refractivity contribution is -0.137. The minimum Gasteiger partial charge on any atom is -0.478 e. The SMILES string of the molecule is CNC(=O)COc1cc2cc(Nc3nc(N4CCC(CN5CCC6(CCN(c7ccc8c(c7)CN(C7CCC(=O)NC7=O)C8=O)C6)C5)CC4)ncc3Cl)ccc2n(C(C)C)c1=O. The molecule has 4 amide bonds. The van der Waals surface area contributed by atoms with Gasteiger partial charge in [0.15, 0.2) is 18.2 Å². The van der Waals surface area contributed by atoms with Crippen LogP contribution in [-0.4, -0.2) is 113 Å².